The molecule has 3 heteroatoms. The third-order valence-corrected chi connectivity index (χ3v) is 3.43. The predicted octanol–water partition coefficient (Wildman–Crippen LogP) is 2.33. The molecule has 0 radical (unpaired) electrons. The van der Waals surface area contributed by atoms with E-state index in [9.17, 15) is 5.11 Å². The lowest BCUT2D eigenvalue weighted by Crippen LogP contribution is -2.22. The highest BCUT2D eigenvalue weighted by molar-refractivity contribution is 6.30. The van der Waals surface area contributed by atoms with E-state index in [2.05, 4.69) is 18.0 Å². The third-order valence-electron chi connectivity index (χ3n) is 3.20. The van der Waals surface area contributed by atoms with Gasteiger partial charge in [0.1, 0.15) is 0 Å². The SMILES string of the molecule is CN1CCC(CO)C1c1cccc(Cl)c1. The molecule has 15 heavy (non-hydrogen) atoms. The molecule has 0 aromatic heterocycles. The zero-order chi connectivity index (χ0) is 10.8. The molecule has 2 atom stereocenters. The van der Waals surface area contributed by atoms with Gasteiger partial charge in [0.15, 0.2) is 0 Å². The number of rotatable bonds is 2. The van der Waals surface area contributed by atoms with Gasteiger partial charge in [-0.05, 0) is 37.7 Å². The van der Waals surface area contributed by atoms with Crippen molar-refractivity contribution in [3.63, 3.8) is 0 Å². The lowest BCUT2D eigenvalue weighted by Gasteiger charge is -2.24. The lowest BCUT2D eigenvalue weighted by atomic mass is 9.95. The van der Waals surface area contributed by atoms with Crippen molar-refractivity contribution >= 4 is 11.6 Å². The summed E-state index contributed by atoms with van der Waals surface area (Å²) in [6, 6.07) is 8.25. The van der Waals surface area contributed by atoms with Crippen LogP contribution in [0.3, 0.4) is 0 Å². The maximum absolute atomic E-state index is 9.33. The van der Waals surface area contributed by atoms with Crippen LogP contribution >= 0.6 is 11.6 Å². The van der Waals surface area contributed by atoms with Crippen LogP contribution in [-0.2, 0) is 0 Å². The van der Waals surface area contributed by atoms with Gasteiger partial charge in [0, 0.05) is 23.6 Å². The van der Waals surface area contributed by atoms with E-state index in [1.165, 1.54) is 5.56 Å². The summed E-state index contributed by atoms with van der Waals surface area (Å²) in [6.07, 6.45) is 1.06. The molecule has 0 bridgehead atoms. The Hall–Kier alpha value is -0.570. The number of halogens is 1. The molecule has 2 nitrogen and oxygen atoms in total. The number of benzene rings is 1. The van der Waals surface area contributed by atoms with Crippen molar-refractivity contribution in [3.8, 4) is 0 Å². The topological polar surface area (TPSA) is 23.5 Å². The highest BCUT2D eigenvalue weighted by Gasteiger charge is 2.32. The summed E-state index contributed by atoms with van der Waals surface area (Å²) in [5.41, 5.74) is 1.21. The van der Waals surface area contributed by atoms with Crippen molar-refractivity contribution in [2.45, 2.75) is 12.5 Å². The molecule has 82 valence electrons. The van der Waals surface area contributed by atoms with E-state index in [1.54, 1.807) is 0 Å². The molecule has 1 N–H and O–H groups in total. The molecule has 1 aromatic rings. The highest BCUT2D eigenvalue weighted by Crippen LogP contribution is 2.36. The quantitative estimate of drug-likeness (QED) is 0.835. The second-order valence-electron chi connectivity index (χ2n) is 4.21. The van der Waals surface area contributed by atoms with Gasteiger partial charge in [0.25, 0.3) is 0 Å². The van der Waals surface area contributed by atoms with Gasteiger partial charge in [0.05, 0.1) is 0 Å². The first-order valence-electron chi connectivity index (χ1n) is 5.29. The van der Waals surface area contributed by atoms with Gasteiger partial charge < -0.3 is 5.11 Å². The number of nitrogens with zero attached hydrogens (tertiary/aromatic N) is 1. The Morgan fingerprint density at radius 1 is 1.53 bits per heavy atom. The maximum atomic E-state index is 9.33. The number of likely N-dealkylation sites (tertiary alicyclic amines) is 1. The van der Waals surface area contributed by atoms with Crippen LogP contribution in [0.15, 0.2) is 24.3 Å². The summed E-state index contributed by atoms with van der Waals surface area (Å²) in [7, 11) is 2.10. The first kappa shape index (κ1) is 10.9. The number of aliphatic hydroxyl groups excluding tert-OH is 1. The summed E-state index contributed by atoms with van der Waals surface area (Å²) in [5.74, 6) is 0.341. The standard InChI is InChI=1S/C12H16ClNO/c1-14-6-5-10(8-15)12(14)9-3-2-4-11(13)7-9/h2-4,7,10,12,15H,5-6,8H2,1H3. The Bertz CT molecular complexity index is 342. The zero-order valence-corrected chi connectivity index (χ0v) is 9.61. The molecule has 1 saturated heterocycles. The molecule has 1 heterocycles. The molecule has 1 aliphatic heterocycles. The lowest BCUT2D eigenvalue weighted by molar-refractivity contribution is 0.182. The van der Waals surface area contributed by atoms with E-state index in [4.69, 9.17) is 11.6 Å². The van der Waals surface area contributed by atoms with Crippen molar-refractivity contribution < 1.29 is 5.11 Å². The van der Waals surface area contributed by atoms with Crippen LogP contribution in [0.4, 0.5) is 0 Å². The molecule has 1 aromatic carbocycles. The van der Waals surface area contributed by atoms with Crippen LogP contribution < -0.4 is 0 Å². The van der Waals surface area contributed by atoms with Crippen molar-refractivity contribution in [1.82, 2.24) is 4.90 Å². The second kappa shape index (κ2) is 4.52. The Kier molecular flexibility index (Phi) is 3.29. The number of aliphatic hydroxyl groups is 1. The van der Waals surface area contributed by atoms with E-state index in [0.29, 0.717) is 12.0 Å². The van der Waals surface area contributed by atoms with Crippen LogP contribution in [-0.4, -0.2) is 30.2 Å². The van der Waals surface area contributed by atoms with Gasteiger partial charge in [-0.15, -0.1) is 0 Å². The van der Waals surface area contributed by atoms with E-state index < -0.39 is 0 Å². The van der Waals surface area contributed by atoms with Gasteiger partial charge in [-0.1, -0.05) is 23.7 Å². The zero-order valence-electron chi connectivity index (χ0n) is 8.86. The summed E-state index contributed by atoms with van der Waals surface area (Å²) < 4.78 is 0. The van der Waals surface area contributed by atoms with Crippen LogP contribution in [0.5, 0.6) is 0 Å². The summed E-state index contributed by atoms with van der Waals surface area (Å²) in [4.78, 5) is 2.28. The van der Waals surface area contributed by atoms with Crippen molar-refractivity contribution in [2.24, 2.45) is 5.92 Å². The minimum Gasteiger partial charge on any atom is -0.396 e. The Morgan fingerprint density at radius 2 is 2.33 bits per heavy atom. The van der Waals surface area contributed by atoms with E-state index >= 15 is 0 Å². The fraction of sp³-hybridized carbons (Fsp3) is 0.500. The normalized spacial score (nSPS) is 27.1. The predicted molar refractivity (Wildman–Crippen MR) is 62.0 cm³/mol. The Balaban J connectivity index is 2.28. The van der Waals surface area contributed by atoms with Gasteiger partial charge in [-0.3, -0.25) is 4.90 Å². The third kappa shape index (κ3) is 2.17. The van der Waals surface area contributed by atoms with Crippen LogP contribution in [0.1, 0.15) is 18.0 Å². The van der Waals surface area contributed by atoms with Crippen LogP contribution in [0.2, 0.25) is 5.02 Å². The molecule has 1 fully saturated rings. The fourth-order valence-corrected chi connectivity index (χ4v) is 2.63. The Labute approximate surface area is 95.5 Å². The van der Waals surface area contributed by atoms with Gasteiger partial charge in [0.2, 0.25) is 0 Å². The van der Waals surface area contributed by atoms with Crippen molar-refractivity contribution in [1.29, 1.82) is 0 Å². The molecular formula is C12H16ClNO. The van der Waals surface area contributed by atoms with E-state index in [1.807, 2.05) is 18.2 Å². The monoisotopic (exact) mass is 225 g/mol. The summed E-state index contributed by atoms with van der Waals surface area (Å²) >= 11 is 5.98. The average molecular weight is 226 g/mol. The first-order valence-corrected chi connectivity index (χ1v) is 5.66. The van der Waals surface area contributed by atoms with Crippen molar-refractivity contribution in [3.05, 3.63) is 34.9 Å². The fourth-order valence-electron chi connectivity index (χ4n) is 2.43. The smallest absolute Gasteiger partial charge is 0.0478 e. The highest BCUT2D eigenvalue weighted by atomic mass is 35.5. The molecule has 2 unspecified atom stereocenters. The van der Waals surface area contributed by atoms with Crippen LogP contribution in [0.25, 0.3) is 0 Å². The number of hydrogen-bond acceptors (Lipinski definition) is 2. The van der Waals surface area contributed by atoms with Gasteiger partial charge in [-0.25, -0.2) is 0 Å². The number of hydrogen-bond donors (Lipinski definition) is 1. The van der Waals surface area contributed by atoms with Gasteiger partial charge >= 0.3 is 0 Å². The van der Waals surface area contributed by atoms with E-state index in [-0.39, 0.29) is 6.61 Å². The maximum Gasteiger partial charge on any atom is 0.0478 e. The minimum absolute atomic E-state index is 0.252. The molecule has 1 aliphatic rings. The first-order chi connectivity index (χ1) is 7.22. The average Bonchev–Trinajstić information content (AvgIpc) is 2.59. The largest absolute Gasteiger partial charge is 0.396 e. The molecule has 0 saturated carbocycles. The van der Waals surface area contributed by atoms with Gasteiger partial charge in [-0.2, -0.15) is 0 Å². The van der Waals surface area contributed by atoms with Crippen molar-refractivity contribution in [2.75, 3.05) is 20.2 Å². The molecule has 0 amide bonds. The second-order valence-corrected chi connectivity index (χ2v) is 4.65. The Morgan fingerprint density at radius 3 is 3.00 bits per heavy atom. The summed E-state index contributed by atoms with van der Waals surface area (Å²) in [5, 5.41) is 10.1. The molecular weight excluding hydrogens is 210 g/mol. The molecule has 0 spiro atoms. The van der Waals surface area contributed by atoms with E-state index in [0.717, 1.165) is 18.0 Å². The molecule has 2 rings (SSSR count). The minimum atomic E-state index is 0.252. The summed E-state index contributed by atoms with van der Waals surface area (Å²) in [6.45, 7) is 1.30. The van der Waals surface area contributed by atoms with Crippen LogP contribution in [0, 0.1) is 5.92 Å². The molecule has 0 aliphatic carbocycles.